The molecule has 4 fully saturated rings. The number of ketones is 1. The van der Waals surface area contributed by atoms with Gasteiger partial charge >= 0.3 is 11.9 Å². The topological polar surface area (TPSA) is 69.7 Å². The van der Waals surface area contributed by atoms with Gasteiger partial charge in [0.1, 0.15) is 12.7 Å². The molecule has 0 N–H and O–H groups in total. The Bertz CT molecular complexity index is 1100. The number of fused-ring (bicyclic) bond motifs is 7. The summed E-state index contributed by atoms with van der Waals surface area (Å²) in [6, 6.07) is 0. The highest BCUT2D eigenvalue weighted by atomic mass is 16.5. The molecule has 5 heteroatoms. The van der Waals surface area contributed by atoms with E-state index in [2.05, 4.69) is 48.5 Å². The Balaban J connectivity index is 1.54. The lowest BCUT2D eigenvalue weighted by molar-refractivity contribution is -0.233. The monoisotopic (exact) mass is 540 g/mol. The number of carbonyl (C=O) groups excluding carboxylic acids is 3. The molecule has 0 aromatic carbocycles. The lowest BCUT2D eigenvalue weighted by Gasteiger charge is -2.72. The van der Waals surface area contributed by atoms with Crippen molar-refractivity contribution in [2.24, 2.45) is 50.7 Å². The normalized spacial score (nSPS) is 44.7. The zero-order valence-corrected chi connectivity index (χ0v) is 26.0. The molecule has 0 heterocycles. The molecule has 0 aliphatic heterocycles. The van der Waals surface area contributed by atoms with Crippen molar-refractivity contribution >= 4 is 17.7 Å². The van der Waals surface area contributed by atoms with Crippen LogP contribution in [-0.2, 0) is 23.9 Å². The van der Waals surface area contributed by atoms with Crippen LogP contribution in [-0.4, -0.2) is 30.4 Å². The summed E-state index contributed by atoms with van der Waals surface area (Å²) in [6.45, 7) is 20.1. The third-order valence-electron chi connectivity index (χ3n) is 13.4. The van der Waals surface area contributed by atoms with E-state index in [0.717, 1.165) is 44.1 Å². The molecule has 39 heavy (non-hydrogen) atoms. The van der Waals surface area contributed by atoms with Crippen LogP contribution in [0.1, 0.15) is 120 Å². The Morgan fingerprint density at radius 1 is 0.846 bits per heavy atom. The lowest BCUT2D eigenvalue weighted by atomic mass is 9.33. The van der Waals surface area contributed by atoms with Gasteiger partial charge in [0.05, 0.1) is 0 Å². The summed E-state index contributed by atoms with van der Waals surface area (Å²) in [4.78, 5) is 37.4. The molecule has 5 aliphatic carbocycles. The Morgan fingerprint density at radius 3 is 2.15 bits per heavy atom. The number of rotatable bonds is 4. The maximum absolute atomic E-state index is 13.6. The van der Waals surface area contributed by atoms with Gasteiger partial charge in [-0.1, -0.05) is 48.5 Å². The fraction of sp³-hybridized carbons (Fsp3) is 0.853. The number of ether oxygens (including phenoxy) is 2. The van der Waals surface area contributed by atoms with E-state index in [1.54, 1.807) is 6.92 Å². The van der Waals surface area contributed by atoms with E-state index in [-0.39, 0.29) is 56.8 Å². The molecule has 0 saturated heterocycles. The number of esters is 2. The molecule has 218 valence electrons. The Hall–Kier alpha value is -1.65. The van der Waals surface area contributed by atoms with Crippen LogP contribution in [0.2, 0.25) is 0 Å². The highest BCUT2D eigenvalue weighted by Gasteiger charge is 2.70. The van der Waals surface area contributed by atoms with Crippen LogP contribution >= 0.6 is 0 Å². The third kappa shape index (κ3) is 3.94. The van der Waals surface area contributed by atoms with Crippen LogP contribution in [0.5, 0.6) is 0 Å². The van der Waals surface area contributed by atoms with Gasteiger partial charge in [-0.3, -0.25) is 14.4 Å². The largest absolute Gasteiger partial charge is 0.465 e. The number of allylic oxidation sites excluding steroid dienone is 1. The summed E-state index contributed by atoms with van der Waals surface area (Å²) < 4.78 is 11.6. The van der Waals surface area contributed by atoms with Crippen molar-refractivity contribution in [2.75, 3.05) is 6.61 Å². The van der Waals surface area contributed by atoms with Crippen molar-refractivity contribution in [3.63, 3.8) is 0 Å². The Morgan fingerprint density at radius 2 is 1.54 bits per heavy atom. The van der Waals surface area contributed by atoms with Crippen molar-refractivity contribution in [1.29, 1.82) is 0 Å². The molecule has 8 atom stereocenters. The average molecular weight is 541 g/mol. The summed E-state index contributed by atoms with van der Waals surface area (Å²) in [5, 5.41) is 0. The minimum absolute atomic E-state index is 0.0100. The predicted octanol–water partition coefficient (Wildman–Crippen LogP) is 7.46. The van der Waals surface area contributed by atoms with Crippen LogP contribution in [0.15, 0.2) is 11.1 Å². The maximum Gasteiger partial charge on any atom is 0.302 e. The first-order valence-corrected chi connectivity index (χ1v) is 15.6. The number of hydrogen-bond donors (Lipinski definition) is 0. The maximum atomic E-state index is 13.6. The average Bonchev–Trinajstić information content (AvgIpc) is 3.12. The van der Waals surface area contributed by atoms with E-state index >= 15 is 0 Å². The fourth-order valence-electron chi connectivity index (χ4n) is 11.5. The second-order valence-electron chi connectivity index (χ2n) is 15.7. The number of carbonyl (C=O) groups is 3. The third-order valence-corrected chi connectivity index (χ3v) is 13.4. The van der Waals surface area contributed by atoms with Crippen molar-refractivity contribution in [1.82, 2.24) is 0 Å². The summed E-state index contributed by atoms with van der Waals surface area (Å²) in [7, 11) is 0. The first kappa shape index (κ1) is 28.9. The van der Waals surface area contributed by atoms with Crippen molar-refractivity contribution < 1.29 is 23.9 Å². The van der Waals surface area contributed by atoms with E-state index in [1.165, 1.54) is 25.3 Å². The Kier molecular flexibility index (Phi) is 6.79. The summed E-state index contributed by atoms with van der Waals surface area (Å²) >= 11 is 0. The quantitative estimate of drug-likeness (QED) is 0.346. The SMILES string of the molecule is CC(=O)OC[C@@]12CC[C@]3(C)[C@H](CCC4[C@@]5(C)CC[C@H](OC(C)=O)C(C)(C)C5CC[C@]43C)C1=C(C(C)C)C(=O)C2. The van der Waals surface area contributed by atoms with Gasteiger partial charge in [0.15, 0.2) is 5.78 Å². The minimum atomic E-state index is -0.319. The highest BCUT2D eigenvalue weighted by Crippen LogP contribution is 2.76. The van der Waals surface area contributed by atoms with Gasteiger partial charge in [0.25, 0.3) is 0 Å². The van der Waals surface area contributed by atoms with Crippen molar-refractivity contribution in [3.05, 3.63) is 11.1 Å². The molecule has 0 spiro atoms. The van der Waals surface area contributed by atoms with Crippen LogP contribution < -0.4 is 0 Å². The highest BCUT2D eigenvalue weighted by molar-refractivity contribution is 6.00. The standard InChI is InChI=1S/C34H52O5/c1-20(2)28-24(37)18-34(19-38-21(3)35)17-16-32(8)23(29(28)34)10-11-26-31(7)14-13-27(39-22(4)36)30(5,6)25(31)12-15-33(26,32)9/h20,23,25-27H,10-19H2,1-9H3/t23-,25?,26?,27+,31+,32-,33-,34+/m1/s1. The number of Topliss-reactive ketones (excluding diaryl/α,β-unsaturated/α-hetero) is 1. The van der Waals surface area contributed by atoms with Gasteiger partial charge in [-0.05, 0) is 102 Å². The summed E-state index contributed by atoms with van der Waals surface area (Å²) in [5.74, 6) is 1.53. The fourth-order valence-corrected chi connectivity index (χ4v) is 11.5. The number of hydrogen-bond acceptors (Lipinski definition) is 5. The van der Waals surface area contributed by atoms with Gasteiger partial charge in [-0.2, -0.15) is 0 Å². The molecular formula is C34H52O5. The molecule has 2 unspecified atom stereocenters. The van der Waals surface area contributed by atoms with E-state index in [4.69, 9.17) is 9.47 Å². The minimum Gasteiger partial charge on any atom is -0.465 e. The van der Waals surface area contributed by atoms with Crippen molar-refractivity contribution in [2.45, 2.75) is 126 Å². The van der Waals surface area contributed by atoms with Crippen molar-refractivity contribution in [3.8, 4) is 0 Å². The molecule has 0 aromatic heterocycles. The second-order valence-corrected chi connectivity index (χ2v) is 15.7. The van der Waals surface area contributed by atoms with Crippen LogP contribution in [0.3, 0.4) is 0 Å². The molecule has 0 amide bonds. The zero-order chi connectivity index (χ0) is 28.8. The molecule has 0 radical (unpaired) electrons. The van der Waals surface area contributed by atoms with Crippen LogP contribution in [0.4, 0.5) is 0 Å². The predicted molar refractivity (Wildman–Crippen MR) is 152 cm³/mol. The zero-order valence-electron chi connectivity index (χ0n) is 26.0. The molecule has 5 rings (SSSR count). The first-order valence-electron chi connectivity index (χ1n) is 15.6. The summed E-state index contributed by atoms with van der Waals surface area (Å²) in [5.41, 5.74) is 2.51. The first-order chi connectivity index (χ1) is 18.0. The van der Waals surface area contributed by atoms with Crippen LogP contribution in [0, 0.1) is 50.7 Å². The molecule has 4 saturated carbocycles. The van der Waals surface area contributed by atoms with Gasteiger partial charge in [-0.25, -0.2) is 0 Å². The van der Waals surface area contributed by atoms with Gasteiger partial charge in [-0.15, -0.1) is 0 Å². The van der Waals surface area contributed by atoms with Gasteiger partial charge < -0.3 is 9.47 Å². The van der Waals surface area contributed by atoms with E-state index in [0.29, 0.717) is 30.8 Å². The van der Waals surface area contributed by atoms with E-state index < -0.39 is 0 Å². The molecule has 0 bridgehead atoms. The van der Waals surface area contributed by atoms with Gasteiger partial charge in [0.2, 0.25) is 0 Å². The summed E-state index contributed by atoms with van der Waals surface area (Å²) in [6.07, 6.45) is 9.15. The molecule has 5 aliphatic rings. The smallest absolute Gasteiger partial charge is 0.302 e. The van der Waals surface area contributed by atoms with E-state index in [9.17, 15) is 14.4 Å². The molecule has 0 aromatic rings. The van der Waals surface area contributed by atoms with Gasteiger partial charge in [0, 0.05) is 31.1 Å². The molecule has 5 nitrogen and oxygen atoms in total. The van der Waals surface area contributed by atoms with Crippen LogP contribution in [0.25, 0.3) is 0 Å². The lowest BCUT2D eigenvalue weighted by Crippen LogP contribution is -2.66. The van der Waals surface area contributed by atoms with E-state index in [1.807, 2.05) is 0 Å². The Labute approximate surface area is 236 Å². The second kappa shape index (κ2) is 9.18. The molecular weight excluding hydrogens is 488 g/mol.